The van der Waals surface area contributed by atoms with Gasteiger partial charge in [-0.3, -0.25) is 0 Å². The Morgan fingerprint density at radius 3 is 2.71 bits per heavy atom. The van der Waals surface area contributed by atoms with Crippen LogP contribution in [0.3, 0.4) is 0 Å². The van der Waals surface area contributed by atoms with Crippen LogP contribution in [0.2, 0.25) is 0 Å². The van der Waals surface area contributed by atoms with E-state index in [0.717, 1.165) is 19.3 Å². The molecule has 0 unspecified atom stereocenters. The van der Waals surface area contributed by atoms with Gasteiger partial charge in [0, 0.05) is 17.5 Å². The predicted molar refractivity (Wildman–Crippen MR) is 80.9 cm³/mol. The van der Waals surface area contributed by atoms with Crippen molar-refractivity contribution in [1.29, 1.82) is 0 Å². The summed E-state index contributed by atoms with van der Waals surface area (Å²) in [5.74, 6) is 0.370. The molecule has 1 saturated carbocycles. The zero-order valence-electron chi connectivity index (χ0n) is 12.1. The van der Waals surface area contributed by atoms with Gasteiger partial charge in [-0.05, 0) is 44.6 Å². The number of sulfonamides is 1. The van der Waals surface area contributed by atoms with E-state index in [1.807, 2.05) is 17.5 Å². The summed E-state index contributed by atoms with van der Waals surface area (Å²) in [5.41, 5.74) is 0.439. The zero-order valence-corrected chi connectivity index (χ0v) is 13.7. The van der Waals surface area contributed by atoms with Gasteiger partial charge in [-0.2, -0.15) is 4.31 Å². The van der Waals surface area contributed by atoms with Gasteiger partial charge in [0.05, 0.1) is 0 Å². The normalized spacial score (nSPS) is 15.8. The smallest absolute Gasteiger partial charge is 0.248 e. The second-order valence-electron chi connectivity index (χ2n) is 5.33. The Labute approximate surface area is 128 Å². The molecule has 0 aromatic carbocycles. The van der Waals surface area contributed by atoms with E-state index in [2.05, 4.69) is 5.16 Å². The van der Waals surface area contributed by atoms with Crippen molar-refractivity contribution in [3.63, 3.8) is 0 Å². The first-order chi connectivity index (χ1) is 10.00. The third kappa shape index (κ3) is 2.90. The van der Waals surface area contributed by atoms with E-state index in [-0.39, 0.29) is 10.9 Å². The van der Waals surface area contributed by atoms with Crippen LogP contribution in [0.15, 0.2) is 26.9 Å². The molecule has 1 fully saturated rings. The second kappa shape index (κ2) is 5.55. The lowest BCUT2D eigenvalue weighted by molar-refractivity contribution is 0.386. The summed E-state index contributed by atoms with van der Waals surface area (Å²) in [4.78, 5) is 1.44. The summed E-state index contributed by atoms with van der Waals surface area (Å²) >= 11 is 1.66. The van der Waals surface area contributed by atoms with E-state index in [0.29, 0.717) is 18.0 Å². The summed E-state index contributed by atoms with van der Waals surface area (Å²) in [7, 11) is -3.53. The Hall–Kier alpha value is -1.18. The van der Waals surface area contributed by atoms with Gasteiger partial charge in [-0.15, -0.1) is 11.3 Å². The van der Waals surface area contributed by atoms with E-state index in [4.69, 9.17) is 4.52 Å². The average Bonchev–Trinajstić information content (AvgIpc) is 2.98. The Morgan fingerprint density at radius 2 is 2.19 bits per heavy atom. The Bertz CT molecular complexity index is 696. The number of hydrogen-bond donors (Lipinski definition) is 0. The third-order valence-electron chi connectivity index (χ3n) is 3.65. The van der Waals surface area contributed by atoms with Crippen molar-refractivity contribution in [1.82, 2.24) is 9.46 Å². The van der Waals surface area contributed by atoms with Gasteiger partial charge < -0.3 is 4.52 Å². The Morgan fingerprint density at radius 1 is 1.43 bits per heavy atom. The van der Waals surface area contributed by atoms with Crippen molar-refractivity contribution in [2.45, 2.75) is 44.0 Å². The highest BCUT2D eigenvalue weighted by atomic mass is 32.2. The van der Waals surface area contributed by atoms with E-state index in [1.54, 1.807) is 29.5 Å². The standard InChI is InChI=1S/C14H18N2O3S2/c1-10-14(11(2)19-15-10)21(17,18)16(12-5-6-12)8-7-13-4-3-9-20-13/h3-4,9,12H,5-8H2,1-2H3. The fraction of sp³-hybridized carbons (Fsp3) is 0.500. The molecule has 2 aromatic heterocycles. The minimum atomic E-state index is -3.53. The molecule has 0 spiro atoms. The van der Waals surface area contributed by atoms with Gasteiger partial charge >= 0.3 is 0 Å². The van der Waals surface area contributed by atoms with Crippen molar-refractivity contribution >= 4 is 21.4 Å². The maximum absolute atomic E-state index is 12.9. The van der Waals surface area contributed by atoms with Gasteiger partial charge in [-0.25, -0.2) is 8.42 Å². The van der Waals surface area contributed by atoms with Crippen LogP contribution in [0.25, 0.3) is 0 Å². The van der Waals surface area contributed by atoms with Gasteiger partial charge in [-0.1, -0.05) is 11.2 Å². The number of aromatic nitrogens is 1. The molecule has 1 aliphatic carbocycles. The van der Waals surface area contributed by atoms with Crippen molar-refractivity contribution in [2.24, 2.45) is 0 Å². The van der Waals surface area contributed by atoms with E-state index >= 15 is 0 Å². The largest absolute Gasteiger partial charge is 0.360 e. The number of nitrogens with zero attached hydrogens (tertiary/aromatic N) is 2. The molecule has 0 aliphatic heterocycles. The lowest BCUT2D eigenvalue weighted by Crippen LogP contribution is -2.35. The van der Waals surface area contributed by atoms with E-state index in [1.165, 1.54) is 4.88 Å². The van der Waals surface area contributed by atoms with Gasteiger partial charge in [0.15, 0.2) is 5.76 Å². The Balaban J connectivity index is 1.86. The van der Waals surface area contributed by atoms with Crippen LogP contribution in [0.1, 0.15) is 29.2 Å². The van der Waals surface area contributed by atoms with Crippen LogP contribution in [0, 0.1) is 13.8 Å². The van der Waals surface area contributed by atoms with Crippen LogP contribution in [0.4, 0.5) is 0 Å². The molecule has 0 bridgehead atoms. The van der Waals surface area contributed by atoms with Crippen molar-refractivity contribution in [2.75, 3.05) is 6.54 Å². The number of rotatable bonds is 6. The SMILES string of the molecule is Cc1noc(C)c1S(=O)(=O)N(CCc1cccs1)C1CC1. The fourth-order valence-corrected chi connectivity index (χ4v) is 5.18. The Kier molecular flexibility index (Phi) is 3.90. The zero-order chi connectivity index (χ0) is 15.0. The minimum absolute atomic E-state index is 0.128. The molecule has 0 atom stereocenters. The first-order valence-electron chi connectivity index (χ1n) is 6.97. The lowest BCUT2D eigenvalue weighted by Gasteiger charge is -2.21. The minimum Gasteiger partial charge on any atom is -0.360 e. The van der Waals surface area contributed by atoms with Crippen LogP contribution < -0.4 is 0 Å². The maximum Gasteiger partial charge on any atom is 0.248 e. The highest BCUT2D eigenvalue weighted by molar-refractivity contribution is 7.89. The van der Waals surface area contributed by atoms with Gasteiger partial charge in [0.25, 0.3) is 0 Å². The highest BCUT2D eigenvalue weighted by Crippen LogP contribution is 2.34. The molecule has 2 heterocycles. The quantitative estimate of drug-likeness (QED) is 0.819. The van der Waals surface area contributed by atoms with Crippen molar-refractivity contribution in [3.05, 3.63) is 33.8 Å². The molecular formula is C14H18N2O3S2. The monoisotopic (exact) mass is 326 g/mol. The summed E-state index contributed by atoms with van der Waals surface area (Å²) < 4.78 is 32.5. The number of aryl methyl sites for hydroxylation is 2. The summed E-state index contributed by atoms with van der Waals surface area (Å²) in [6.07, 6.45) is 2.62. The average molecular weight is 326 g/mol. The van der Waals surface area contributed by atoms with E-state index < -0.39 is 10.0 Å². The maximum atomic E-state index is 12.9. The predicted octanol–water partition coefficient (Wildman–Crippen LogP) is 2.75. The van der Waals surface area contributed by atoms with Crippen molar-refractivity contribution < 1.29 is 12.9 Å². The lowest BCUT2D eigenvalue weighted by atomic mass is 10.3. The molecule has 0 radical (unpaired) electrons. The summed E-state index contributed by atoms with van der Waals surface area (Å²) in [6, 6.07) is 4.16. The molecule has 1 aliphatic rings. The van der Waals surface area contributed by atoms with Gasteiger partial charge in [0.2, 0.25) is 10.0 Å². The summed E-state index contributed by atoms with van der Waals surface area (Å²) in [6.45, 7) is 3.84. The first-order valence-corrected chi connectivity index (χ1v) is 9.29. The third-order valence-corrected chi connectivity index (χ3v) is 6.78. The topological polar surface area (TPSA) is 63.4 Å². The molecule has 2 aromatic rings. The molecule has 3 rings (SSSR count). The summed E-state index contributed by atoms with van der Waals surface area (Å²) in [5, 5.41) is 5.79. The molecule has 5 nitrogen and oxygen atoms in total. The number of thiophene rings is 1. The van der Waals surface area contributed by atoms with Crippen LogP contribution in [-0.2, 0) is 16.4 Å². The highest BCUT2D eigenvalue weighted by Gasteiger charge is 2.40. The van der Waals surface area contributed by atoms with Gasteiger partial charge in [0.1, 0.15) is 10.6 Å². The molecule has 0 amide bonds. The second-order valence-corrected chi connectivity index (χ2v) is 8.19. The van der Waals surface area contributed by atoms with E-state index in [9.17, 15) is 8.42 Å². The molecule has 7 heteroatoms. The molecule has 21 heavy (non-hydrogen) atoms. The van der Waals surface area contributed by atoms with Crippen LogP contribution >= 0.6 is 11.3 Å². The van der Waals surface area contributed by atoms with Crippen LogP contribution in [0.5, 0.6) is 0 Å². The molecular weight excluding hydrogens is 308 g/mol. The van der Waals surface area contributed by atoms with Crippen LogP contribution in [-0.4, -0.2) is 30.5 Å². The van der Waals surface area contributed by atoms with Crippen molar-refractivity contribution in [3.8, 4) is 0 Å². The first kappa shape index (κ1) is 14.7. The molecule has 0 saturated heterocycles. The molecule has 0 N–H and O–H groups in total. The fourth-order valence-electron chi connectivity index (χ4n) is 2.50. The molecule has 114 valence electrons. The number of hydrogen-bond acceptors (Lipinski definition) is 5.